The number of aryl methyl sites for hydroxylation is 1. The quantitative estimate of drug-likeness (QED) is 0.592. The Kier molecular flexibility index (Phi) is 2.27. The number of rotatable bonds is 1. The van der Waals surface area contributed by atoms with Gasteiger partial charge in [-0.3, -0.25) is 0 Å². The smallest absolute Gasteiger partial charge is 0.142 e. The van der Waals surface area contributed by atoms with Crippen molar-refractivity contribution in [2.75, 3.05) is 3.53 Å². The lowest BCUT2D eigenvalue weighted by molar-refractivity contribution is 1.29. The van der Waals surface area contributed by atoms with E-state index in [2.05, 4.69) is 14.6 Å². The molecule has 0 atom stereocenters. The molecule has 1 radical (unpaired) electrons. The molecular formula is C6H6IN2. The van der Waals surface area contributed by atoms with Gasteiger partial charge in [-0.1, -0.05) is 0 Å². The zero-order chi connectivity index (χ0) is 6.69. The minimum atomic E-state index is 0.788. The fourth-order valence-corrected chi connectivity index (χ4v) is 0.806. The van der Waals surface area contributed by atoms with Crippen LogP contribution >= 0.6 is 22.9 Å². The summed E-state index contributed by atoms with van der Waals surface area (Å²) in [4.78, 5) is 3.98. The lowest BCUT2D eigenvalue weighted by atomic mass is 10.3. The molecule has 0 unspecified atom stereocenters. The maximum absolute atomic E-state index is 3.98. The Morgan fingerprint density at radius 3 is 3.00 bits per heavy atom. The van der Waals surface area contributed by atoms with Crippen molar-refractivity contribution in [1.82, 2.24) is 4.98 Å². The highest BCUT2D eigenvalue weighted by Gasteiger charge is 1.88. The summed E-state index contributed by atoms with van der Waals surface area (Å²) in [5, 5.41) is 0. The normalized spacial score (nSPS) is 9.11. The van der Waals surface area contributed by atoms with Crippen LogP contribution in [0.15, 0.2) is 12.3 Å². The number of halogens is 1. The molecule has 9 heavy (non-hydrogen) atoms. The summed E-state index contributed by atoms with van der Waals surface area (Å²) in [5.41, 5.74) is 1.10. The maximum atomic E-state index is 3.98. The van der Waals surface area contributed by atoms with Crippen molar-refractivity contribution in [2.45, 2.75) is 6.92 Å². The second kappa shape index (κ2) is 3.00. The third kappa shape index (κ3) is 1.82. The summed E-state index contributed by atoms with van der Waals surface area (Å²) in [5.74, 6) is 0.788. The van der Waals surface area contributed by atoms with Gasteiger partial charge in [0.15, 0.2) is 0 Å². The van der Waals surface area contributed by atoms with E-state index in [0.29, 0.717) is 0 Å². The molecule has 0 aromatic carbocycles. The van der Waals surface area contributed by atoms with Gasteiger partial charge in [0.1, 0.15) is 5.82 Å². The van der Waals surface area contributed by atoms with Gasteiger partial charge in [-0.05, 0) is 18.6 Å². The van der Waals surface area contributed by atoms with E-state index in [1.165, 1.54) is 0 Å². The van der Waals surface area contributed by atoms with Gasteiger partial charge in [0.05, 0.1) is 22.9 Å². The van der Waals surface area contributed by atoms with Crippen molar-refractivity contribution in [3.8, 4) is 0 Å². The summed E-state index contributed by atoms with van der Waals surface area (Å²) in [6.07, 6.45) is 1.76. The molecule has 1 rings (SSSR count). The van der Waals surface area contributed by atoms with E-state index in [9.17, 15) is 0 Å². The van der Waals surface area contributed by atoms with Crippen molar-refractivity contribution in [3.63, 3.8) is 0 Å². The highest BCUT2D eigenvalue weighted by atomic mass is 127. The molecule has 3 heteroatoms. The Bertz CT molecular complexity index is 200. The predicted molar refractivity (Wildman–Crippen MR) is 45.5 cm³/mol. The average molecular weight is 233 g/mol. The molecular weight excluding hydrogens is 227 g/mol. The Morgan fingerprint density at radius 2 is 2.56 bits per heavy atom. The molecule has 0 bridgehead atoms. The van der Waals surface area contributed by atoms with Crippen LogP contribution in [0, 0.1) is 13.0 Å². The lowest BCUT2D eigenvalue weighted by Gasteiger charge is -1.94. The Balaban J connectivity index is 2.94. The van der Waals surface area contributed by atoms with Crippen LogP contribution in [0.25, 0.3) is 0 Å². The first-order chi connectivity index (χ1) is 4.33. The Morgan fingerprint density at radius 1 is 1.78 bits per heavy atom. The van der Waals surface area contributed by atoms with Gasteiger partial charge in [0, 0.05) is 12.3 Å². The van der Waals surface area contributed by atoms with E-state index < -0.39 is 0 Å². The van der Waals surface area contributed by atoms with Crippen molar-refractivity contribution in [1.29, 1.82) is 0 Å². The lowest BCUT2D eigenvalue weighted by Crippen LogP contribution is -1.84. The number of hydrogen-bond acceptors (Lipinski definition) is 2. The van der Waals surface area contributed by atoms with Gasteiger partial charge in [0.25, 0.3) is 0 Å². The van der Waals surface area contributed by atoms with Crippen LogP contribution in [-0.2, 0) is 0 Å². The number of pyridine rings is 1. The SMILES string of the molecule is Cc1[c]c(NI)ncc1. The van der Waals surface area contributed by atoms with Crippen LogP contribution < -0.4 is 3.53 Å². The highest BCUT2D eigenvalue weighted by Crippen LogP contribution is 2.04. The topological polar surface area (TPSA) is 24.9 Å². The molecule has 0 aliphatic rings. The van der Waals surface area contributed by atoms with Crippen LogP contribution in [0.4, 0.5) is 5.82 Å². The number of hydrogen-bond donors (Lipinski definition) is 1. The molecule has 1 aromatic heterocycles. The van der Waals surface area contributed by atoms with E-state index in [1.54, 1.807) is 6.20 Å². The van der Waals surface area contributed by atoms with Gasteiger partial charge in [-0.25, -0.2) is 4.98 Å². The zero-order valence-corrected chi connectivity index (χ0v) is 7.14. The predicted octanol–water partition coefficient (Wildman–Crippen LogP) is 1.95. The third-order valence-corrected chi connectivity index (χ3v) is 1.44. The van der Waals surface area contributed by atoms with Crippen molar-refractivity contribution in [3.05, 3.63) is 23.9 Å². The molecule has 2 nitrogen and oxygen atoms in total. The van der Waals surface area contributed by atoms with Crippen LogP contribution in [0.2, 0.25) is 0 Å². The van der Waals surface area contributed by atoms with E-state index in [4.69, 9.17) is 0 Å². The van der Waals surface area contributed by atoms with E-state index in [0.717, 1.165) is 11.4 Å². The number of aromatic nitrogens is 1. The van der Waals surface area contributed by atoms with Crippen LogP contribution in [-0.4, -0.2) is 4.98 Å². The average Bonchev–Trinajstić information content (AvgIpc) is 1.88. The third-order valence-electron chi connectivity index (χ3n) is 0.933. The maximum Gasteiger partial charge on any atom is 0.142 e. The van der Waals surface area contributed by atoms with Crippen molar-refractivity contribution < 1.29 is 0 Å². The molecule has 1 heterocycles. The number of nitrogens with zero attached hydrogens (tertiary/aromatic N) is 1. The summed E-state index contributed by atoms with van der Waals surface area (Å²) in [7, 11) is 0. The van der Waals surface area contributed by atoms with Gasteiger partial charge >= 0.3 is 0 Å². The zero-order valence-electron chi connectivity index (χ0n) is 4.98. The van der Waals surface area contributed by atoms with Crippen LogP contribution in [0.5, 0.6) is 0 Å². The molecule has 1 aromatic rings. The van der Waals surface area contributed by atoms with Crippen LogP contribution in [0.1, 0.15) is 5.56 Å². The summed E-state index contributed by atoms with van der Waals surface area (Å²) < 4.78 is 2.87. The second-order valence-electron chi connectivity index (χ2n) is 1.70. The number of nitrogens with one attached hydrogen (secondary N) is 1. The molecule has 0 fully saturated rings. The summed E-state index contributed by atoms with van der Waals surface area (Å²) >= 11 is 2.03. The van der Waals surface area contributed by atoms with Gasteiger partial charge in [0.2, 0.25) is 0 Å². The number of anilines is 1. The monoisotopic (exact) mass is 233 g/mol. The largest absolute Gasteiger partial charge is 0.313 e. The van der Waals surface area contributed by atoms with E-state index >= 15 is 0 Å². The van der Waals surface area contributed by atoms with Gasteiger partial charge in [-0.15, -0.1) is 0 Å². The molecule has 0 aliphatic carbocycles. The molecule has 0 amide bonds. The van der Waals surface area contributed by atoms with Gasteiger partial charge < -0.3 is 3.53 Å². The Hall–Kier alpha value is -0.320. The fraction of sp³-hybridized carbons (Fsp3) is 0.167. The minimum absolute atomic E-state index is 0.788. The molecule has 0 spiro atoms. The van der Waals surface area contributed by atoms with E-state index in [-0.39, 0.29) is 0 Å². The molecule has 1 N–H and O–H groups in total. The van der Waals surface area contributed by atoms with Crippen LogP contribution in [0.3, 0.4) is 0 Å². The second-order valence-corrected chi connectivity index (χ2v) is 2.24. The Labute approximate surface area is 68.2 Å². The van der Waals surface area contributed by atoms with Crippen molar-refractivity contribution in [2.24, 2.45) is 0 Å². The molecule has 0 aliphatic heterocycles. The molecule has 0 saturated carbocycles. The van der Waals surface area contributed by atoms with Crippen molar-refractivity contribution >= 4 is 28.7 Å². The van der Waals surface area contributed by atoms with Gasteiger partial charge in [-0.2, -0.15) is 0 Å². The summed E-state index contributed by atoms with van der Waals surface area (Å²) in [6.45, 7) is 1.99. The fourth-order valence-electron chi connectivity index (χ4n) is 0.532. The molecule has 47 valence electrons. The standard InChI is InChI=1S/C6H6IN2/c1-5-2-3-8-6(4-5)9-7/h2-3H,1H3,(H,8,9). The first-order valence-corrected chi connectivity index (χ1v) is 3.62. The highest BCUT2D eigenvalue weighted by molar-refractivity contribution is 14.1. The first kappa shape index (κ1) is 6.80. The van der Waals surface area contributed by atoms with E-state index in [1.807, 2.05) is 35.9 Å². The summed E-state index contributed by atoms with van der Waals surface area (Å²) in [6, 6.07) is 4.94. The minimum Gasteiger partial charge on any atom is -0.313 e. The molecule has 0 saturated heterocycles. The first-order valence-electron chi connectivity index (χ1n) is 2.54.